The molecule has 4 heteroatoms. The van der Waals surface area contributed by atoms with Crippen molar-refractivity contribution in [3.05, 3.63) is 131 Å². The van der Waals surface area contributed by atoms with Crippen molar-refractivity contribution in [3.8, 4) is 0 Å². The lowest BCUT2D eigenvalue weighted by Gasteiger charge is -2.23. The smallest absolute Gasteiger partial charge is 0.169 e. The van der Waals surface area contributed by atoms with Crippen LogP contribution >= 0.6 is 11.6 Å². The Morgan fingerprint density at radius 1 is 0.606 bits per heavy atom. The molecule has 33 heavy (non-hydrogen) atoms. The number of fused-ring (bicyclic) bond motifs is 2. The van der Waals surface area contributed by atoms with E-state index in [1.165, 1.54) is 10.8 Å². The lowest BCUT2D eigenvalue weighted by molar-refractivity contribution is 0.757. The van der Waals surface area contributed by atoms with Gasteiger partial charge < -0.3 is 5.32 Å². The molecule has 0 radical (unpaired) electrons. The number of nitrogens with one attached hydrogen (secondary N) is 1. The topological polar surface area (TPSA) is 36.8 Å². The molecule has 0 aromatic heterocycles. The molecule has 1 atom stereocenters. The standard InChI is InChI=1S/C29H20ClN3/c30-26-17-16-25(23-12-6-7-13-24(23)26)29-32-27(20-9-2-1-3-10-20)31-28(33-29)22-15-14-19-8-4-5-11-21(19)18-22/h1-18,28H,(H,31,32,33). The van der Waals surface area contributed by atoms with Crippen LogP contribution in [0.1, 0.15) is 22.9 Å². The average molecular weight is 446 g/mol. The predicted octanol–water partition coefficient (Wildman–Crippen LogP) is 7.14. The summed E-state index contributed by atoms with van der Waals surface area (Å²) < 4.78 is 0. The minimum atomic E-state index is -0.351. The average Bonchev–Trinajstić information content (AvgIpc) is 2.89. The van der Waals surface area contributed by atoms with E-state index in [0.29, 0.717) is 0 Å². The molecular formula is C29H20ClN3. The Kier molecular flexibility index (Phi) is 4.89. The number of aliphatic imine (C=N–C) groups is 2. The predicted molar refractivity (Wildman–Crippen MR) is 138 cm³/mol. The van der Waals surface area contributed by atoms with Gasteiger partial charge >= 0.3 is 0 Å². The lowest BCUT2D eigenvalue weighted by Crippen LogP contribution is -2.36. The number of nitrogens with zero attached hydrogens (tertiary/aromatic N) is 2. The van der Waals surface area contributed by atoms with Gasteiger partial charge in [0.1, 0.15) is 11.7 Å². The molecular weight excluding hydrogens is 426 g/mol. The Balaban J connectivity index is 1.53. The second-order valence-electron chi connectivity index (χ2n) is 8.07. The van der Waals surface area contributed by atoms with Gasteiger partial charge in [-0.15, -0.1) is 0 Å². The van der Waals surface area contributed by atoms with E-state index >= 15 is 0 Å². The molecule has 3 nitrogen and oxygen atoms in total. The number of hydrogen-bond acceptors (Lipinski definition) is 3. The van der Waals surface area contributed by atoms with Gasteiger partial charge in [-0.05, 0) is 39.9 Å². The minimum absolute atomic E-state index is 0.351. The van der Waals surface area contributed by atoms with Crippen LogP contribution in [0.5, 0.6) is 0 Å². The van der Waals surface area contributed by atoms with Crippen LogP contribution in [-0.2, 0) is 0 Å². The van der Waals surface area contributed by atoms with E-state index in [-0.39, 0.29) is 6.17 Å². The van der Waals surface area contributed by atoms with E-state index in [9.17, 15) is 0 Å². The van der Waals surface area contributed by atoms with Gasteiger partial charge in [0.25, 0.3) is 0 Å². The molecule has 5 aromatic rings. The maximum atomic E-state index is 6.49. The van der Waals surface area contributed by atoms with Gasteiger partial charge in [-0.2, -0.15) is 0 Å². The van der Waals surface area contributed by atoms with Crippen molar-refractivity contribution < 1.29 is 0 Å². The molecule has 1 unspecified atom stereocenters. The third-order valence-electron chi connectivity index (χ3n) is 5.98. The van der Waals surface area contributed by atoms with Crippen molar-refractivity contribution in [2.45, 2.75) is 6.17 Å². The second kappa shape index (κ2) is 8.19. The van der Waals surface area contributed by atoms with Crippen LogP contribution in [0.3, 0.4) is 0 Å². The van der Waals surface area contributed by atoms with Crippen LogP contribution in [0, 0.1) is 0 Å². The molecule has 1 aliphatic heterocycles. The molecule has 5 aromatic carbocycles. The zero-order valence-corrected chi connectivity index (χ0v) is 18.5. The van der Waals surface area contributed by atoms with Gasteiger partial charge in [-0.25, -0.2) is 9.98 Å². The zero-order valence-electron chi connectivity index (χ0n) is 17.7. The van der Waals surface area contributed by atoms with Crippen molar-refractivity contribution in [3.63, 3.8) is 0 Å². The van der Waals surface area contributed by atoms with Crippen molar-refractivity contribution >= 4 is 44.8 Å². The van der Waals surface area contributed by atoms with Crippen LogP contribution in [0.25, 0.3) is 21.5 Å². The third-order valence-corrected chi connectivity index (χ3v) is 6.31. The van der Waals surface area contributed by atoms with Gasteiger partial charge in [0.15, 0.2) is 6.17 Å². The Labute approximate surface area is 197 Å². The quantitative estimate of drug-likeness (QED) is 0.314. The van der Waals surface area contributed by atoms with E-state index in [1.807, 2.05) is 48.5 Å². The fourth-order valence-corrected chi connectivity index (χ4v) is 4.54. The Morgan fingerprint density at radius 2 is 1.30 bits per heavy atom. The van der Waals surface area contributed by atoms with Crippen LogP contribution in [-0.4, -0.2) is 11.7 Å². The largest absolute Gasteiger partial charge is 0.324 e. The SMILES string of the molecule is Clc1ccc(C2=NC(c3ccc4ccccc4c3)N=C(c3ccccc3)N2)c2ccccc12. The van der Waals surface area contributed by atoms with E-state index in [4.69, 9.17) is 21.6 Å². The Morgan fingerprint density at radius 3 is 2.15 bits per heavy atom. The Bertz CT molecular complexity index is 1550. The van der Waals surface area contributed by atoms with E-state index in [1.54, 1.807) is 0 Å². The summed E-state index contributed by atoms with van der Waals surface area (Å²) in [5.41, 5.74) is 3.08. The van der Waals surface area contributed by atoms with Crippen molar-refractivity contribution in [2.24, 2.45) is 9.98 Å². The number of hydrogen-bond donors (Lipinski definition) is 1. The molecule has 0 fully saturated rings. The van der Waals surface area contributed by atoms with Crippen LogP contribution in [0.2, 0.25) is 5.02 Å². The van der Waals surface area contributed by atoms with Crippen LogP contribution in [0.15, 0.2) is 119 Å². The van der Waals surface area contributed by atoms with Crippen LogP contribution < -0.4 is 5.32 Å². The number of benzene rings is 5. The summed E-state index contributed by atoms with van der Waals surface area (Å²) in [5, 5.41) is 8.67. The first-order valence-corrected chi connectivity index (χ1v) is 11.3. The number of halogens is 1. The highest BCUT2D eigenvalue weighted by Crippen LogP contribution is 2.30. The molecule has 1 heterocycles. The highest BCUT2D eigenvalue weighted by atomic mass is 35.5. The highest BCUT2D eigenvalue weighted by molar-refractivity contribution is 6.36. The normalized spacial score (nSPS) is 15.7. The van der Waals surface area contributed by atoms with Gasteiger partial charge in [-0.3, -0.25) is 0 Å². The fraction of sp³-hybridized carbons (Fsp3) is 0.0345. The van der Waals surface area contributed by atoms with Gasteiger partial charge in [0, 0.05) is 21.5 Å². The molecule has 6 rings (SSSR count). The minimum Gasteiger partial charge on any atom is -0.324 e. The van der Waals surface area contributed by atoms with Crippen molar-refractivity contribution in [1.29, 1.82) is 0 Å². The maximum Gasteiger partial charge on any atom is 0.169 e. The number of rotatable bonds is 3. The molecule has 0 amide bonds. The molecule has 0 aliphatic carbocycles. The second-order valence-corrected chi connectivity index (χ2v) is 8.47. The van der Waals surface area contributed by atoms with Gasteiger partial charge in [0.2, 0.25) is 0 Å². The molecule has 0 bridgehead atoms. The summed E-state index contributed by atoms with van der Waals surface area (Å²) in [5.74, 6) is 1.59. The number of amidine groups is 2. The molecule has 0 spiro atoms. The van der Waals surface area contributed by atoms with E-state index < -0.39 is 0 Å². The molecule has 1 N–H and O–H groups in total. The summed E-state index contributed by atoms with van der Waals surface area (Å²) in [6.07, 6.45) is -0.351. The van der Waals surface area contributed by atoms with Gasteiger partial charge in [-0.1, -0.05) is 103 Å². The summed E-state index contributed by atoms with van der Waals surface area (Å²) in [6, 6.07) is 37.1. The van der Waals surface area contributed by atoms with Crippen LogP contribution in [0.4, 0.5) is 0 Å². The highest BCUT2D eigenvalue weighted by Gasteiger charge is 2.22. The molecule has 0 saturated carbocycles. The Hall–Kier alpha value is -3.95. The molecule has 1 aliphatic rings. The zero-order chi connectivity index (χ0) is 22.2. The van der Waals surface area contributed by atoms with E-state index in [2.05, 4.69) is 66.0 Å². The monoisotopic (exact) mass is 445 g/mol. The summed E-state index contributed by atoms with van der Waals surface area (Å²) in [7, 11) is 0. The lowest BCUT2D eigenvalue weighted by atomic mass is 10.0. The third kappa shape index (κ3) is 3.67. The van der Waals surface area contributed by atoms with E-state index in [0.717, 1.165) is 44.2 Å². The maximum absolute atomic E-state index is 6.49. The fourth-order valence-electron chi connectivity index (χ4n) is 4.32. The van der Waals surface area contributed by atoms with Crippen molar-refractivity contribution in [2.75, 3.05) is 0 Å². The van der Waals surface area contributed by atoms with Crippen molar-refractivity contribution in [1.82, 2.24) is 5.32 Å². The molecule has 158 valence electrons. The summed E-state index contributed by atoms with van der Waals surface area (Å²) >= 11 is 6.49. The molecule has 0 saturated heterocycles. The first-order chi connectivity index (χ1) is 16.3. The van der Waals surface area contributed by atoms with Gasteiger partial charge in [0.05, 0.1) is 0 Å². The summed E-state index contributed by atoms with van der Waals surface area (Å²) in [6.45, 7) is 0. The summed E-state index contributed by atoms with van der Waals surface area (Å²) in [4.78, 5) is 10.1. The first kappa shape index (κ1) is 19.7. The first-order valence-electron chi connectivity index (χ1n) is 10.9.